The average molecular weight is 430 g/mol. The Balaban J connectivity index is 1.48. The zero-order valence-electron chi connectivity index (χ0n) is 16.4. The Morgan fingerprint density at radius 3 is 2.97 bits per heavy atom. The third-order valence-electron chi connectivity index (χ3n) is 4.95. The molecule has 4 rings (SSSR count). The molecule has 2 aromatic heterocycles. The zero-order valence-corrected chi connectivity index (χ0v) is 18.0. The van der Waals surface area contributed by atoms with Crippen LogP contribution in [0.5, 0.6) is 0 Å². The highest BCUT2D eigenvalue weighted by atomic mass is 32.2. The number of hydrogen-bond donors (Lipinski definition) is 1. The summed E-state index contributed by atoms with van der Waals surface area (Å²) in [6, 6.07) is 9.85. The van der Waals surface area contributed by atoms with Gasteiger partial charge in [-0.15, -0.1) is 23.1 Å². The minimum atomic E-state index is -0.204. The number of ether oxygens (including phenoxy) is 1. The molecule has 0 aliphatic carbocycles. The van der Waals surface area contributed by atoms with Crippen molar-refractivity contribution in [2.45, 2.75) is 31.0 Å². The molecule has 6 nitrogen and oxygen atoms in total. The SMILES string of the molecule is C[C@@H]1CN(C(=O)[C@@H](C)SCc2nc3scc(-c4ccccc4)c3c(=O)[nH]2)CCO1. The highest BCUT2D eigenvalue weighted by molar-refractivity contribution is 7.99. The molecular formula is C21H23N3O3S2. The van der Waals surface area contributed by atoms with E-state index >= 15 is 0 Å². The molecule has 8 heteroatoms. The summed E-state index contributed by atoms with van der Waals surface area (Å²) >= 11 is 2.96. The summed E-state index contributed by atoms with van der Waals surface area (Å²) in [6.07, 6.45) is 0.0722. The van der Waals surface area contributed by atoms with Crippen molar-refractivity contribution in [3.05, 3.63) is 51.9 Å². The maximum atomic E-state index is 12.7. The number of thiophene rings is 1. The highest BCUT2D eigenvalue weighted by Gasteiger charge is 2.25. The molecule has 1 amide bonds. The normalized spacial score (nSPS) is 18.1. The van der Waals surface area contributed by atoms with Crippen molar-refractivity contribution < 1.29 is 9.53 Å². The zero-order chi connectivity index (χ0) is 20.4. The molecule has 1 N–H and O–H groups in total. The lowest BCUT2D eigenvalue weighted by Gasteiger charge is -2.32. The number of carbonyl (C=O) groups is 1. The van der Waals surface area contributed by atoms with Crippen LogP contribution in [0, 0.1) is 0 Å². The largest absolute Gasteiger partial charge is 0.375 e. The van der Waals surface area contributed by atoms with Gasteiger partial charge in [0, 0.05) is 24.0 Å². The molecular weight excluding hydrogens is 406 g/mol. The lowest BCUT2D eigenvalue weighted by molar-refractivity contribution is -0.137. The van der Waals surface area contributed by atoms with Crippen molar-refractivity contribution in [3.63, 3.8) is 0 Å². The van der Waals surface area contributed by atoms with Crippen LogP contribution in [0.2, 0.25) is 0 Å². The first-order chi connectivity index (χ1) is 14.0. The Hall–Kier alpha value is -2.16. The number of rotatable bonds is 5. The van der Waals surface area contributed by atoms with Crippen LogP contribution in [0.4, 0.5) is 0 Å². The maximum absolute atomic E-state index is 12.7. The second-order valence-electron chi connectivity index (χ2n) is 7.13. The molecule has 0 spiro atoms. The van der Waals surface area contributed by atoms with Gasteiger partial charge in [-0.25, -0.2) is 4.98 Å². The molecule has 1 aliphatic heterocycles. The summed E-state index contributed by atoms with van der Waals surface area (Å²) in [7, 11) is 0. The number of nitrogens with one attached hydrogen (secondary N) is 1. The molecule has 1 fully saturated rings. The van der Waals surface area contributed by atoms with E-state index in [2.05, 4.69) is 9.97 Å². The minimum Gasteiger partial charge on any atom is -0.375 e. The van der Waals surface area contributed by atoms with Crippen LogP contribution in [-0.2, 0) is 15.3 Å². The van der Waals surface area contributed by atoms with Crippen LogP contribution in [0.1, 0.15) is 19.7 Å². The fourth-order valence-corrected chi connectivity index (χ4v) is 5.25. The maximum Gasteiger partial charge on any atom is 0.260 e. The van der Waals surface area contributed by atoms with Gasteiger partial charge in [-0.3, -0.25) is 9.59 Å². The van der Waals surface area contributed by atoms with E-state index in [1.54, 1.807) is 0 Å². The third-order valence-corrected chi connectivity index (χ3v) is 6.96. The summed E-state index contributed by atoms with van der Waals surface area (Å²) in [6.45, 7) is 5.72. The number of thioether (sulfide) groups is 1. The number of fused-ring (bicyclic) bond motifs is 1. The van der Waals surface area contributed by atoms with Crippen molar-refractivity contribution in [2.24, 2.45) is 0 Å². The number of amides is 1. The Kier molecular flexibility index (Phi) is 6.03. The number of hydrogen-bond acceptors (Lipinski definition) is 6. The monoisotopic (exact) mass is 429 g/mol. The molecule has 0 saturated carbocycles. The van der Waals surface area contributed by atoms with Gasteiger partial charge in [0.05, 0.1) is 29.1 Å². The molecule has 1 aliphatic rings. The van der Waals surface area contributed by atoms with Crippen LogP contribution in [0.3, 0.4) is 0 Å². The van der Waals surface area contributed by atoms with Crippen molar-refractivity contribution >= 4 is 39.2 Å². The fraction of sp³-hybridized carbons (Fsp3) is 0.381. The number of nitrogens with zero attached hydrogens (tertiary/aromatic N) is 2. The van der Waals surface area contributed by atoms with E-state index in [9.17, 15) is 9.59 Å². The summed E-state index contributed by atoms with van der Waals surface area (Å²) in [4.78, 5) is 35.5. The number of H-pyrrole nitrogens is 1. The lowest BCUT2D eigenvalue weighted by atomic mass is 10.1. The second kappa shape index (κ2) is 8.69. The van der Waals surface area contributed by atoms with Gasteiger partial charge in [-0.05, 0) is 19.4 Å². The molecule has 0 unspecified atom stereocenters. The standard InChI is InChI=1S/C21H23N3O3S2/c1-13-10-24(8-9-27-13)21(26)14(2)28-12-17-22-19(25)18-16(11-29-20(18)23-17)15-6-4-3-5-7-15/h3-7,11,13-14H,8-10,12H2,1-2H3,(H,22,23,25)/t13-,14-/m1/s1. The first-order valence-electron chi connectivity index (χ1n) is 9.60. The van der Waals surface area contributed by atoms with E-state index in [1.807, 2.05) is 54.5 Å². The van der Waals surface area contributed by atoms with E-state index in [0.717, 1.165) is 16.0 Å². The molecule has 2 atom stereocenters. The average Bonchev–Trinajstić information content (AvgIpc) is 3.17. The topological polar surface area (TPSA) is 75.3 Å². The van der Waals surface area contributed by atoms with Gasteiger partial charge in [-0.2, -0.15) is 0 Å². The summed E-state index contributed by atoms with van der Waals surface area (Å²) in [5, 5.41) is 2.40. The van der Waals surface area contributed by atoms with Crippen LogP contribution in [0.25, 0.3) is 21.3 Å². The number of aromatic amines is 1. The molecule has 29 heavy (non-hydrogen) atoms. The predicted molar refractivity (Wildman–Crippen MR) is 118 cm³/mol. The molecule has 152 valence electrons. The van der Waals surface area contributed by atoms with E-state index in [0.29, 0.717) is 36.7 Å². The first kappa shape index (κ1) is 20.1. The minimum absolute atomic E-state index is 0.0722. The molecule has 0 bridgehead atoms. The smallest absolute Gasteiger partial charge is 0.260 e. The van der Waals surface area contributed by atoms with E-state index in [4.69, 9.17) is 4.74 Å². The first-order valence-corrected chi connectivity index (χ1v) is 11.5. The molecule has 1 aromatic carbocycles. The number of morpholine rings is 1. The Labute approximate surface area is 177 Å². The quantitative estimate of drug-likeness (QED) is 0.672. The number of benzene rings is 1. The summed E-state index contributed by atoms with van der Waals surface area (Å²) in [5.74, 6) is 1.19. The molecule has 0 radical (unpaired) electrons. The van der Waals surface area contributed by atoms with Gasteiger partial charge < -0.3 is 14.6 Å². The number of carbonyl (C=O) groups excluding carboxylic acids is 1. The van der Waals surface area contributed by atoms with Crippen molar-refractivity contribution in [2.75, 3.05) is 19.7 Å². The predicted octanol–water partition coefficient (Wildman–Crippen LogP) is 3.52. The fourth-order valence-electron chi connectivity index (χ4n) is 3.44. The molecule has 1 saturated heterocycles. The van der Waals surface area contributed by atoms with Gasteiger partial charge >= 0.3 is 0 Å². The van der Waals surface area contributed by atoms with Crippen LogP contribution in [-0.4, -0.2) is 51.8 Å². The van der Waals surface area contributed by atoms with E-state index in [-0.39, 0.29) is 22.8 Å². The lowest BCUT2D eigenvalue weighted by Crippen LogP contribution is -2.47. The Bertz CT molecular complexity index is 1060. The summed E-state index contributed by atoms with van der Waals surface area (Å²) in [5.41, 5.74) is 1.78. The third kappa shape index (κ3) is 4.39. The van der Waals surface area contributed by atoms with Gasteiger partial charge in [-0.1, -0.05) is 30.3 Å². The van der Waals surface area contributed by atoms with E-state index in [1.165, 1.54) is 23.1 Å². The van der Waals surface area contributed by atoms with Gasteiger partial charge in [0.2, 0.25) is 5.91 Å². The highest BCUT2D eigenvalue weighted by Crippen LogP contribution is 2.31. The molecule has 3 heterocycles. The second-order valence-corrected chi connectivity index (χ2v) is 9.31. The van der Waals surface area contributed by atoms with Crippen LogP contribution >= 0.6 is 23.1 Å². The number of aromatic nitrogens is 2. The van der Waals surface area contributed by atoms with Gasteiger partial charge in [0.15, 0.2) is 0 Å². The van der Waals surface area contributed by atoms with Gasteiger partial charge in [0.1, 0.15) is 10.7 Å². The molecule has 3 aromatic rings. The van der Waals surface area contributed by atoms with Crippen LogP contribution in [0.15, 0.2) is 40.5 Å². The van der Waals surface area contributed by atoms with E-state index < -0.39 is 0 Å². The van der Waals surface area contributed by atoms with Crippen molar-refractivity contribution in [1.29, 1.82) is 0 Å². The van der Waals surface area contributed by atoms with Gasteiger partial charge in [0.25, 0.3) is 5.56 Å². The van der Waals surface area contributed by atoms with Crippen molar-refractivity contribution in [1.82, 2.24) is 14.9 Å². The Morgan fingerprint density at radius 2 is 2.21 bits per heavy atom. The van der Waals surface area contributed by atoms with Crippen LogP contribution < -0.4 is 5.56 Å². The Morgan fingerprint density at radius 1 is 1.41 bits per heavy atom. The van der Waals surface area contributed by atoms with Crippen molar-refractivity contribution in [3.8, 4) is 11.1 Å². The summed E-state index contributed by atoms with van der Waals surface area (Å²) < 4.78 is 5.51.